The fourth-order valence-corrected chi connectivity index (χ4v) is 3.76. The second-order valence-electron chi connectivity index (χ2n) is 6.23. The van der Waals surface area contributed by atoms with Crippen molar-refractivity contribution in [2.75, 3.05) is 5.73 Å². The number of nitrogens with two attached hydrogens (primary N) is 2. The Labute approximate surface area is 156 Å². The molecule has 7 heteroatoms. The van der Waals surface area contributed by atoms with Crippen LogP contribution in [0.3, 0.4) is 0 Å². The summed E-state index contributed by atoms with van der Waals surface area (Å²) >= 11 is 1.13. The Kier molecular flexibility index (Phi) is 6.21. The number of nitriles is 2. The van der Waals surface area contributed by atoms with E-state index in [4.69, 9.17) is 11.5 Å². The number of amides is 1. The van der Waals surface area contributed by atoms with E-state index in [1.165, 1.54) is 0 Å². The summed E-state index contributed by atoms with van der Waals surface area (Å²) in [5, 5.41) is 18.9. The van der Waals surface area contributed by atoms with Crippen LogP contribution >= 0.6 is 11.8 Å². The van der Waals surface area contributed by atoms with Crippen LogP contribution in [0.15, 0.2) is 35.4 Å². The molecule has 1 aromatic carbocycles. The second kappa shape index (κ2) is 8.37. The summed E-state index contributed by atoms with van der Waals surface area (Å²) in [7, 11) is 0. The third-order valence-electron chi connectivity index (χ3n) is 3.78. The molecule has 2 aromatic rings. The van der Waals surface area contributed by atoms with E-state index in [-0.39, 0.29) is 17.3 Å². The Morgan fingerprint density at radius 3 is 2.31 bits per heavy atom. The SMILES string of the molecule is CC(C)Cc1c(C#N)c(N)[nH+]c(S[C@@H](C(N)=O)c2ccccc2)c1C#N. The number of carbonyl (C=O) groups is 1. The zero-order valence-electron chi connectivity index (χ0n) is 14.6. The van der Waals surface area contributed by atoms with E-state index >= 15 is 0 Å². The molecule has 5 N–H and O–H groups in total. The van der Waals surface area contributed by atoms with Gasteiger partial charge in [-0.1, -0.05) is 55.9 Å². The van der Waals surface area contributed by atoms with Crippen molar-refractivity contribution in [1.82, 2.24) is 0 Å². The van der Waals surface area contributed by atoms with Gasteiger partial charge in [-0.2, -0.15) is 10.5 Å². The largest absolute Gasteiger partial charge is 0.368 e. The molecule has 1 atom stereocenters. The molecule has 0 aliphatic carbocycles. The topological polar surface area (TPSA) is 131 Å². The molecule has 1 aromatic heterocycles. The number of nitrogens with one attached hydrogen (secondary N) is 1. The molecule has 0 unspecified atom stereocenters. The highest BCUT2D eigenvalue weighted by Gasteiger charge is 2.28. The monoisotopic (exact) mass is 366 g/mol. The van der Waals surface area contributed by atoms with Crippen molar-refractivity contribution in [3.05, 3.63) is 52.6 Å². The van der Waals surface area contributed by atoms with Crippen LogP contribution in [0, 0.1) is 28.6 Å². The van der Waals surface area contributed by atoms with E-state index < -0.39 is 11.2 Å². The number of nitrogen functional groups attached to an aromatic ring is 1. The van der Waals surface area contributed by atoms with Gasteiger partial charge in [0.05, 0.1) is 0 Å². The van der Waals surface area contributed by atoms with Crippen LogP contribution in [0.4, 0.5) is 5.82 Å². The number of aromatic amines is 1. The number of primary amides is 1. The van der Waals surface area contributed by atoms with Crippen molar-refractivity contribution in [2.45, 2.75) is 30.5 Å². The zero-order chi connectivity index (χ0) is 19.3. The fraction of sp³-hybridized carbons (Fsp3) is 0.263. The first-order chi connectivity index (χ1) is 12.4. The van der Waals surface area contributed by atoms with Gasteiger partial charge in [0.2, 0.25) is 5.91 Å². The van der Waals surface area contributed by atoms with Crippen molar-refractivity contribution < 1.29 is 9.78 Å². The molecular formula is C19H20N5OS+. The van der Waals surface area contributed by atoms with E-state index in [0.717, 1.165) is 17.3 Å². The van der Waals surface area contributed by atoms with Crippen molar-refractivity contribution in [2.24, 2.45) is 11.7 Å². The number of thioether (sulfide) groups is 1. The quantitative estimate of drug-likeness (QED) is 0.758. The molecule has 0 radical (unpaired) electrons. The average molecular weight is 366 g/mol. The van der Waals surface area contributed by atoms with E-state index in [2.05, 4.69) is 17.1 Å². The summed E-state index contributed by atoms with van der Waals surface area (Å²) in [4.78, 5) is 14.9. The number of H-pyrrole nitrogens is 1. The first-order valence-corrected chi connectivity index (χ1v) is 8.95. The number of carbonyl (C=O) groups excluding carboxylic acids is 1. The predicted octanol–water partition coefficient (Wildman–Crippen LogP) is 2.34. The van der Waals surface area contributed by atoms with Crippen LogP contribution in [-0.4, -0.2) is 5.91 Å². The molecule has 0 spiro atoms. The minimum atomic E-state index is -0.682. The smallest absolute Gasteiger partial charge is 0.289 e. The minimum absolute atomic E-state index is 0.181. The van der Waals surface area contributed by atoms with Gasteiger partial charge in [0, 0.05) is 5.56 Å². The third-order valence-corrected chi connectivity index (χ3v) is 5.06. The van der Waals surface area contributed by atoms with Crippen molar-refractivity contribution in [3.8, 4) is 12.1 Å². The molecule has 2 rings (SSSR count). The number of hydrogen-bond donors (Lipinski definition) is 2. The van der Waals surface area contributed by atoms with Gasteiger partial charge >= 0.3 is 0 Å². The molecule has 132 valence electrons. The molecule has 6 nitrogen and oxygen atoms in total. The van der Waals surface area contributed by atoms with Gasteiger partial charge in [-0.05, 0) is 17.9 Å². The molecule has 1 heterocycles. The van der Waals surface area contributed by atoms with Gasteiger partial charge in [-0.15, -0.1) is 0 Å². The van der Waals surface area contributed by atoms with E-state index in [1.807, 2.05) is 32.0 Å². The molecule has 0 saturated carbocycles. The third kappa shape index (κ3) is 4.14. The van der Waals surface area contributed by atoms with Gasteiger partial charge in [0.25, 0.3) is 5.82 Å². The zero-order valence-corrected chi connectivity index (χ0v) is 15.4. The maximum atomic E-state index is 12.0. The summed E-state index contributed by atoms with van der Waals surface area (Å²) in [6.45, 7) is 4.00. The average Bonchev–Trinajstić information content (AvgIpc) is 2.60. The molecule has 1 amide bonds. The van der Waals surface area contributed by atoms with Crippen molar-refractivity contribution in [1.29, 1.82) is 10.5 Å². The number of pyridine rings is 1. The molecular weight excluding hydrogens is 346 g/mol. The first-order valence-electron chi connectivity index (χ1n) is 8.07. The predicted molar refractivity (Wildman–Crippen MR) is 99.6 cm³/mol. The molecule has 0 bridgehead atoms. The number of nitrogens with zero attached hydrogens (tertiary/aromatic N) is 2. The maximum Gasteiger partial charge on any atom is 0.289 e. The highest BCUT2D eigenvalue weighted by Crippen LogP contribution is 2.36. The summed E-state index contributed by atoms with van der Waals surface area (Å²) in [6.07, 6.45) is 0.533. The lowest BCUT2D eigenvalue weighted by Crippen LogP contribution is -2.24. The number of anilines is 1. The molecule has 0 fully saturated rings. The molecule has 0 aliphatic rings. The van der Waals surface area contributed by atoms with Gasteiger partial charge in [-0.3, -0.25) is 10.5 Å². The van der Waals surface area contributed by atoms with Crippen LogP contribution in [0.1, 0.15) is 41.4 Å². The number of hydrogen-bond acceptors (Lipinski definition) is 5. The van der Waals surface area contributed by atoms with Crippen molar-refractivity contribution in [3.63, 3.8) is 0 Å². The fourth-order valence-electron chi connectivity index (χ4n) is 2.65. The Balaban J connectivity index is 2.59. The lowest BCUT2D eigenvalue weighted by molar-refractivity contribution is -0.410. The van der Waals surface area contributed by atoms with Crippen LogP contribution in [0.25, 0.3) is 0 Å². The van der Waals surface area contributed by atoms with Crippen LogP contribution in [0.2, 0.25) is 0 Å². The normalized spacial score (nSPS) is 11.6. The summed E-state index contributed by atoms with van der Waals surface area (Å²) in [6, 6.07) is 13.3. The van der Waals surface area contributed by atoms with Gasteiger partial charge in [-0.25, -0.2) is 4.98 Å². The summed E-state index contributed by atoms with van der Waals surface area (Å²) in [5.41, 5.74) is 13.5. The van der Waals surface area contributed by atoms with E-state index in [0.29, 0.717) is 22.6 Å². The van der Waals surface area contributed by atoms with Crippen molar-refractivity contribution >= 4 is 23.5 Å². The van der Waals surface area contributed by atoms with E-state index in [9.17, 15) is 15.3 Å². The van der Waals surface area contributed by atoms with Gasteiger partial charge in [0.1, 0.15) is 28.5 Å². The number of rotatable bonds is 6. The van der Waals surface area contributed by atoms with Crippen LogP contribution in [-0.2, 0) is 11.2 Å². The Hall–Kier alpha value is -3.03. The molecule has 0 aliphatic heterocycles. The lowest BCUT2D eigenvalue weighted by atomic mass is 9.95. The van der Waals surface area contributed by atoms with Gasteiger partial charge in [0.15, 0.2) is 5.03 Å². The summed E-state index contributed by atoms with van der Waals surface area (Å²) in [5.74, 6) is -0.109. The first kappa shape index (κ1) is 19.3. The molecule has 26 heavy (non-hydrogen) atoms. The van der Waals surface area contributed by atoms with Crippen LogP contribution in [0.5, 0.6) is 0 Å². The lowest BCUT2D eigenvalue weighted by Gasteiger charge is -2.15. The Morgan fingerprint density at radius 1 is 1.19 bits per heavy atom. The number of benzene rings is 1. The van der Waals surface area contributed by atoms with E-state index in [1.54, 1.807) is 12.1 Å². The standard InChI is InChI=1S/C19H19N5OS/c1-11(2)8-13-14(9-20)17(22)24-19(15(13)10-21)26-16(18(23)25)12-6-4-3-5-7-12/h3-7,11,16H,8H2,1-2H3,(H2,22,24)(H2,23,25)/p+1/t16-/m1/s1. The molecule has 0 saturated heterocycles. The highest BCUT2D eigenvalue weighted by molar-refractivity contribution is 8.00. The highest BCUT2D eigenvalue weighted by atomic mass is 32.2. The minimum Gasteiger partial charge on any atom is -0.368 e. The Morgan fingerprint density at radius 2 is 1.81 bits per heavy atom. The summed E-state index contributed by atoms with van der Waals surface area (Å²) < 4.78 is 0. The number of aromatic nitrogens is 1. The van der Waals surface area contributed by atoms with Crippen LogP contribution < -0.4 is 16.5 Å². The maximum absolute atomic E-state index is 12.0. The second-order valence-corrected chi connectivity index (χ2v) is 7.34. The van der Waals surface area contributed by atoms with Gasteiger partial charge < -0.3 is 5.73 Å². The Bertz CT molecular complexity index is 897.